The molecule has 3 nitrogen and oxygen atoms in total. The Morgan fingerprint density at radius 3 is 1.88 bits per heavy atom. The summed E-state index contributed by atoms with van der Waals surface area (Å²) in [6, 6.07) is 3.80. The van der Waals surface area contributed by atoms with Crippen molar-refractivity contribution in [2.45, 2.75) is 71.6 Å². The molecule has 0 aromatic heterocycles. The Morgan fingerprint density at radius 2 is 1.54 bits per heavy atom. The molecule has 1 rings (SSSR count). The van der Waals surface area contributed by atoms with Crippen LogP contribution in [0.25, 0.3) is 6.08 Å². The number of carbonyl (C=O) groups is 1. The third-order valence-corrected chi connectivity index (χ3v) is 4.06. The zero-order valence-corrected chi connectivity index (χ0v) is 15.9. The van der Waals surface area contributed by atoms with Crippen molar-refractivity contribution < 1.29 is 15.0 Å². The number of phenolic OH excluding ortho intramolecular Hbond substituents is 1. The monoisotopic (exact) mass is 331 g/mol. The summed E-state index contributed by atoms with van der Waals surface area (Å²) in [7, 11) is 0. The predicted molar refractivity (Wildman–Crippen MR) is 100 cm³/mol. The van der Waals surface area contributed by atoms with Gasteiger partial charge in [0.05, 0.1) is 0 Å². The maximum atomic E-state index is 11.5. The number of rotatable bonds is 5. The van der Waals surface area contributed by atoms with Gasteiger partial charge in [0.25, 0.3) is 0 Å². The molecule has 0 aliphatic heterocycles. The Bertz CT molecular complexity index is 590. The van der Waals surface area contributed by atoms with E-state index >= 15 is 0 Å². The van der Waals surface area contributed by atoms with E-state index in [1.165, 1.54) is 0 Å². The third-order valence-electron chi connectivity index (χ3n) is 4.06. The van der Waals surface area contributed by atoms with Gasteiger partial charge in [-0.05, 0) is 47.4 Å². The molecule has 3 heteroatoms. The highest BCUT2D eigenvalue weighted by Crippen LogP contribution is 2.40. The van der Waals surface area contributed by atoms with E-state index in [2.05, 4.69) is 6.92 Å². The lowest BCUT2D eigenvalue weighted by molar-refractivity contribution is -0.132. The predicted octanol–water partition coefficient (Wildman–Crippen LogP) is 5.46. The van der Waals surface area contributed by atoms with Crippen molar-refractivity contribution in [3.05, 3.63) is 41.3 Å². The van der Waals surface area contributed by atoms with Crippen molar-refractivity contribution in [2.75, 3.05) is 0 Å². The van der Waals surface area contributed by atoms with Crippen LogP contribution in [0.1, 0.15) is 77.5 Å². The number of hydrogen-bond acceptors (Lipinski definition) is 2. The second-order valence-corrected chi connectivity index (χ2v) is 8.40. The number of carboxylic acids is 1. The van der Waals surface area contributed by atoms with Crippen molar-refractivity contribution in [1.29, 1.82) is 0 Å². The van der Waals surface area contributed by atoms with Gasteiger partial charge in [0.2, 0.25) is 0 Å². The van der Waals surface area contributed by atoms with Crippen molar-refractivity contribution in [3.8, 4) is 5.75 Å². The van der Waals surface area contributed by atoms with E-state index in [9.17, 15) is 15.0 Å². The molecule has 0 aliphatic carbocycles. The summed E-state index contributed by atoms with van der Waals surface area (Å²) in [5.41, 5.74) is 2.41. The van der Waals surface area contributed by atoms with Gasteiger partial charge in [0.1, 0.15) is 5.75 Å². The third kappa shape index (κ3) is 5.12. The van der Waals surface area contributed by atoms with Gasteiger partial charge >= 0.3 is 5.97 Å². The molecule has 0 saturated carbocycles. The lowest BCUT2D eigenvalue weighted by atomic mass is 9.78. The molecule has 0 aliphatic rings. The molecule has 24 heavy (non-hydrogen) atoms. The maximum Gasteiger partial charge on any atom is 0.331 e. The Hall–Kier alpha value is -1.77. The first-order valence-corrected chi connectivity index (χ1v) is 8.49. The molecule has 2 N–H and O–H groups in total. The lowest BCUT2D eigenvalue weighted by Crippen LogP contribution is -2.17. The second kappa shape index (κ2) is 7.42. The van der Waals surface area contributed by atoms with Crippen LogP contribution in [0.5, 0.6) is 5.75 Å². The molecule has 133 valence electrons. The van der Waals surface area contributed by atoms with Crippen LogP contribution < -0.4 is 0 Å². The van der Waals surface area contributed by atoms with E-state index in [4.69, 9.17) is 0 Å². The van der Waals surface area contributed by atoms with Crippen LogP contribution in [0, 0.1) is 6.92 Å². The quantitative estimate of drug-likeness (QED) is 0.704. The van der Waals surface area contributed by atoms with Crippen molar-refractivity contribution in [3.63, 3.8) is 0 Å². The highest BCUT2D eigenvalue weighted by atomic mass is 16.4. The number of phenols is 1. The molecule has 0 saturated heterocycles. The first-order chi connectivity index (χ1) is 10.9. The number of hydrogen-bond donors (Lipinski definition) is 2. The summed E-state index contributed by atoms with van der Waals surface area (Å²) in [6.07, 6.45) is 3.67. The summed E-state index contributed by atoms with van der Waals surface area (Å²) in [5.74, 6) is -0.590. The normalized spacial score (nSPS) is 13.2. The number of aromatic hydroxyl groups is 1. The molecule has 1 aromatic carbocycles. The van der Waals surface area contributed by atoms with E-state index in [0.29, 0.717) is 24.2 Å². The number of carboxylic acid groups (broad SMARTS) is 1. The van der Waals surface area contributed by atoms with E-state index in [1.54, 1.807) is 6.08 Å². The smallest absolute Gasteiger partial charge is 0.331 e. The summed E-state index contributed by atoms with van der Waals surface area (Å²) in [5, 5.41) is 20.2. The Morgan fingerprint density at radius 1 is 1.08 bits per heavy atom. The fourth-order valence-corrected chi connectivity index (χ4v) is 2.64. The minimum Gasteiger partial charge on any atom is -0.507 e. The fraction of sp³-hybridized carbons (Fsp3) is 0.524. The van der Waals surface area contributed by atoms with Crippen molar-refractivity contribution in [2.24, 2.45) is 0 Å². The first kappa shape index (κ1) is 20.3. The van der Waals surface area contributed by atoms with Gasteiger partial charge in [0, 0.05) is 16.7 Å². The Balaban J connectivity index is 3.56. The van der Waals surface area contributed by atoms with Gasteiger partial charge in [-0.25, -0.2) is 4.79 Å². The number of benzene rings is 1. The maximum absolute atomic E-state index is 11.5. The lowest BCUT2D eigenvalue weighted by Gasteiger charge is -2.28. The minimum atomic E-state index is -0.897. The summed E-state index contributed by atoms with van der Waals surface area (Å²) in [4.78, 5) is 11.5. The molecule has 0 heterocycles. The summed E-state index contributed by atoms with van der Waals surface area (Å²) >= 11 is 0. The zero-order chi connectivity index (χ0) is 18.7. The van der Waals surface area contributed by atoms with Gasteiger partial charge in [0.15, 0.2) is 0 Å². The van der Waals surface area contributed by atoms with Crippen molar-refractivity contribution in [1.82, 2.24) is 0 Å². The fourth-order valence-electron chi connectivity index (χ4n) is 2.64. The van der Waals surface area contributed by atoms with Crippen LogP contribution in [0.3, 0.4) is 0 Å². The minimum absolute atomic E-state index is 0.231. The average molecular weight is 331 g/mol. The largest absolute Gasteiger partial charge is 0.507 e. The Labute approximate surface area is 146 Å². The van der Waals surface area contributed by atoms with Gasteiger partial charge in [-0.15, -0.1) is 0 Å². The number of aliphatic carboxylic acids is 1. The summed E-state index contributed by atoms with van der Waals surface area (Å²) in [6.45, 7) is 16.0. The molecule has 0 unspecified atom stereocenters. The van der Waals surface area contributed by atoms with E-state index in [0.717, 1.165) is 23.1 Å². The SMILES string of the molecule is [CH2]CCCC(=Cc1cc(C(C)(C)C)c(O)c(C(C)(C)C)c1)C(=O)O. The molecule has 0 bridgehead atoms. The second-order valence-electron chi connectivity index (χ2n) is 8.40. The van der Waals surface area contributed by atoms with Crippen LogP contribution in [0.4, 0.5) is 0 Å². The van der Waals surface area contributed by atoms with Crippen LogP contribution in [-0.2, 0) is 15.6 Å². The highest BCUT2D eigenvalue weighted by molar-refractivity contribution is 5.92. The highest BCUT2D eigenvalue weighted by Gasteiger charge is 2.26. The first-order valence-electron chi connectivity index (χ1n) is 8.49. The topological polar surface area (TPSA) is 57.5 Å². The van der Waals surface area contributed by atoms with Crippen LogP contribution in [-0.4, -0.2) is 16.2 Å². The molecule has 0 atom stereocenters. The van der Waals surface area contributed by atoms with Gasteiger partial charge in [-0.3, -0.25) is 0 Å². The van der Waals surface area contributed by atoms with Gasteiger partial charge in [-0.1, -0.05) is 54.9 Å². The molecule has 1 aromatic rings. The molecule has 1 radical (unpaired) electrons. The summed E-state index contributed by atoms with van der Waals surface area (Å²) < 4.78 is 0. The Kier molecular flexibility index (Phi) is 6.26. The van der Waals surface area contributed by atoms with Gasteiger partial charge in [-0.2, -0.15) is 0 Å². The van der Waals surface area contributed by atoms with E-state index in [-0.39, 0.29) is 10.8 Å². The van der Waals surface area contributed by atoms with E-state index < -0.39 is 5.97 Å². The standard InChI is InChI=1S/C21H31O3/c1-8-9-10-15(19(23)24)11-14-12-16(20(2,3)4)18(22)17(13-14)21(5,6)7/h11-13,22H,1,8-10H2,2-7H3,(H,23,24). The average Bonchev–Trinajstić information content (AvgIpc) is 2.41. The molecule has 0 spiro atoms. The van der Waals surface area contributed by atoms with Crippen LogP contribution in [0.2, 0.25) is 0 Å². The molecule has 0 fully saturated rings. The molecular weight excluding hydrogens is 300 g/mol. The molecular formula is C21H31O3. The molecule has 0 amide bonds. The van der Waals surface area contributed by atoms with Gasteiger partial charge < -0.3 is 10.2 Å². The van der Waals surface area contributed by atoms with Crippen LogP contribution in [0.15, 0.2) is 17.7 Å². The number of unbranched alkanes of at least 4 members (excludes halogenated alkanes) is 1. The van der Waals surface area contributed by atoms with Crippen LogP contribution >= 0.6 is 0 Å². The zero-order valence-electron chi connectivity index (χ0n) is 15.9. The van der Waals surface area contributed by atoms with Crippen molar-refractivity contribution >= 4 is 12.0 Å². The van der Waals surface area contributed by atoms with E-state index in [1.807, 2.05) is 53.7 Å².